The number of benzene rings is 3. The molecule has 2 aromatic heterocycles. The molecule has 0 aliphatic carbocycles. The zero-order valence-electron chi connectivity index (χ0n) is 24.9. The van der Waals surface area contributed by atoms with Crippen molar-refractivity contribution in [3.63, 3.8) is 0 Å². The number of hydrogen-bond acceptors (Lipinski definition) is 8. The molecular weight excluding hydrogens is 592 g/mol. The summed E-state index contributed by atoms with van der Waals surface area (Å²) in [6.45, 7) is 3.92. The van der Waals surface area contributed by atoms with Crippen LogP contribution < -0.4 is 19.6 Å². The first-order valence-corrected chi connectivity index (χ1v) is 15.4. The number of allylic oxidation sites excluding steroid dienone is 1. The van der Waals surface area contributed by atoms with Crippen molar-refractivity contribution in [1.29, 1.82) is 0 Å². The van der Waals surface area contributed by atoms with Crippen molar-refractivity contribution in [2.24, 2.45) is 4.99 Å². The fraction of sp³-hybridized carbons (Fsp3) is 0.200. The second-order valence-corrected chi connectivity index (χ2v) is 11.4. The van der Waals surface area contributed by atoms with E-state index in [0.29, 0.717) is 55.4 Å². The second kappa shape index (κ2) is 12.4. The molecule has 1 unspecified atom stereocenters. The van der Waals surface area contributed by atoms with Gasteiger partial charge in [-0.05, 0) is 54.4 Å². The van der Waals surface area contributed by atoms with E-state index in [0.717, 1.165) is 17.2 Å². The van der Waals surface area contributed by atoms with Crippen molar-refractivity contribution in [2.75, 3.05) is 13.7 Å². The molecule has 10 heteroatoms. The topological polar surface area (TPSA) is 120 Å². The first kappa shape index (κ1) is 29.8. The number of furan rings is 1. The van der Waals surface area contributed by atoms with Gasteiger partial charge in [-0.3, -0.25) is 9.36 Å². The fourth-order valence-corrected chi connectivity index (χ4v) is 6.65. The fourth-order valence-electron chi connectivity index (χ4n) is 5.65. The largest absolute Gasteiger partial charge is 0.496 e. The van der Waals surface area contributed by atoms with Gasteiger partial charge in [-0.1, -0.05) is 67.1 Å². The van der Waals surface area contributed by atoms with Gasteiger partial charge in [0.15, 0.2) is 4.80 Å². The third-order valence-electron chi connectivity index (χ3n) is 7.61. The number of hydrogen-bond donors (Lipinski definition) is 1. The van der Waals surface area contributed by atoms with Crippen LogP contribution in [0, 0.1) is 0 Å². The van der Waals surface area contributed by atoms with Crippen molar-refractivity contribution in [3.05, 3.63) is 121 Å². The summed E-state index contributed by atoms with van der Waals surface area (Å²) < 4.78 is 19.3. The lowest BCUT2D eigenvalue weighted by atomic mass is 9.90. The highest BCUT2D eigenvalue weighted by Crippen LogP contribution is 2.41. The number of nitrogens with zero attached hydrogens (tertiary/aromatic N) is 2. The molecule has 9 nitrogen and oxygen atoms in total. The van der Waals surface area contributed by atoms with E-state index < -0.39 is 18.0 Å². The number of aromatic carboxylic acids is 1. The Bertz CT molecular complexity index is 2170. The predicted molar refractivity (Wildman–Crippen MR) is 171 cm³/mol. The highest BCUT2D eigenvalue weighted by atomic mass is 32.1. The van der Waals surface area contributed by atoms with Crippen LogP contribution in [-0.4, -0.2) is 35.3 Å². The Morgan fingerprint density at radius 2 is 1.89 bits per heavy atom. The van der Waals surface area contributed by atoms with Gasteiger partial charge in [0.25, 0.3) is 5.56 Å². The highest BCUT2D eigenvalue weighted by Gasteiger charge is 2.37. The summed E-state index contributed by atoms with van der Waals surface area (Å²) in [6.07, 6.45) is 2.88. The van der Waals surface area contributed by atoms with Gasteiger partial charge in [0.05, 0.1) is 35.1 Å². The lowest BCUT2D eigenvalue weighted by molar-refractivity contribution is -0.139. The van der Waals surface area contributed by atoms with Crippen molar-refractivity contribution < 1.29 is 28.6 Å². The molecule has 1 aliphatic heterocycles. The normalized spacial score (nSPS) is 14.7. The van der Waals surface area contributed by atoms with Gasteiger partial charge in [0.1, 0.15) is 23.3 Å². The summed E-state index contributed by atoms with van der Waals surface area (Å²) in [7, 11) is 1.57. The molecular formula is C35H30N2O7S. The van der Waals surface area contributed by atoms with Gasteiger partial charge in [-0.2, -0.15) is 0 Å². The Balaban J connectivity index is 1.58. The number of aromatic nitrogens is 1. The minimum Gasteiger partial charge on any atom is -0.496 e. The maximum atomic E-state index is 14.3. The van der Waals surface area contributed by atoms with Crippen LogP contribution in [0.4, 0.5) is 0 Å². The summed E-state index contributed by atoms with van der Waals surface area (Å²) in [5.41, 5.74) is 1.95. The molecule has 0 radical (unpaired) electrons. The zero-order valence-corrected chi connectivity index (χ0v) is 25.7. The number of thiazole rings is 1. The van der Waals surface area contributed by atoms with E-state index in [1.807, 2.05) is 43.3 Å². The minimum atomic E-state index is -1.04. The number of carbonyl (C=O) groups is 2. The van der Waals surface area contributed by atoms with Crippen molar-refractivity contribution in [2.45, 2.75) is 32.7 Å². The molecule has 45 heavy (non-hydrogen) atoms. The molecule has 5 aromatic rings. The SMILES string of the molecule is CCCC1=C(C(=O)OCC)C(c2c(OC)ccc3ccccc23)n2c(s/c(=C\c3ccc(-c4cccc(C(=O)O)c4)o3)c2=O)=N1. The van der Waals surface area contributed by atoms with Crippen molar-refractivity contribution in [1.82, 2.24) is 4.57 Å². The summed E-state index contributed by atoms with van der Waals surface area (Å²) in [4.78, 5) is 44.7. The van der Waals surface area contributed by atoms with Gasteiger partial charge < -0.3 is 19.0 Å². The van der Waals surface area contributed by atoms with Crippen LogP contribution in [0.2, 0.25) is 0 Å². The second-order valence-electron chi connectivity index (χ2n) is 10.4. The Hall–Kier alpha value is -5.22. The molecule has 1 atom stereocenters. The molecule has 0 amide bonds. The van der Waals surface area contributed by atoms with Crippen LogP contribution in [0.25, 0.3) is 28.2 Å². The quantitative estimate of drug-likeness (QED) is 0.210. The molecule has 0 fully saturated rings. The van der Waals surface area contributed by atoms with E-state index in [4.69, 9.17) is 18.9 Å². The zero-order chi connectivity index (χ0) is 31.7. The Labute approximate surface area is 262 Å². The summed E-state index contributed by atoms with van der Waals surface area (Å²) in [6, 6.07) is 20.6. The number of esters is 1. The number of carboxylic acids is 1. The number of fused-ring (bicyclic) bond motifs is 2. The Morgan fingerprint density at radius 3 is 2.64 bits per heavy atom. The predicted octanol–water partition coefficient (Wildman–Crippen LogP) is 5.70. The number of ether oxygens (including phenoxy) is 2. The van der Waals surface area contributed by atoms with Crippen LogP contribution in [-0.2, 0) is 9.53 Å². The summed E-state index contributed by atoms with van der Waals surface area (Å²) in [5, 5.41) is 11.2. The maximum absolute atomic E-state index is 14.3. The molecule has 6 rings (SSSR count). The summed E-state index contributed by atoms with van der Waals surface area (Å²) in [5.74, 6) is -0.156. The van der Waals surface area contributed by atoms with Crippen molar-refractivity contribution in [3.8, 4) is 17.1 Å². The van der Waals surface area contributed by atoms with E-state index >= 15 is 0 Å². The third-order valence-corrected chi connectivity index (χ3v) is 8.59. The van der Waals surface area contributed by atoms with Gasteiger partial charge in [-0.25, -0.2) is 14.6 Å². The minimum absolute atomic E-state index is 0.142. The average molecular weight is 623 g/mol. The first-order valence-electron chi connectivity index (χ1n) is 14.6. The first-order chi connectivity index (χ1) is 21.8. The molecule has 3 aromatic carbocycles. The third kappa shape index (κ3) is 5.49. The Kier molecular flexibility index (Phi) is 8.23. The van der Waals surface area contributed by atoms with Gasteiger partial charge >= 0.3 is 11.9 Å². The molecule has 228 valence electrons. The molecule has 0 saturated heterocycles. The van der Waals surface area contributed by atoms with Gasteiger partial charge in [0.2, 0.25) is 0 Å². The van der Waals surface area contributed by atoms with E-state index in [9.17, 15) is 19.5 Å². The van der Waals surface area contributed by atoms with E-state index in [1.165, 1.54) is 23.5 Å². The van der Waals surface area contributed by atoms with Crippen molar-refractivity contribution >= 4 is 40.1 Å². The molecule has 1 aliphatic rings. The molecule has 0 saturated carbocycles. The number of rotatable bonds is 9. The van der Waals surface area contributed by atoms with Crippen LogP contribution >= 0.6 is 11.3 Å². The lowest BCUT2D eigenvalue weighted by Gasteiger charge is -2.28. The monoisotopic (exact) mass is 622 g/mol. The lowest BCUT2D eigenvalue weighted by Crippen LogP contribution is -2.40. The highest BCUT2D eigenvalue weighted by molar-refractivity contribution is 7.07. The van der Waals surface area contributed by atoms with Crippen LogP contribution in [0.1, 0.15) is 54.4 Å². The number of carboxylic acid groups (broad SMARTS) is 1. The summed E-state index contributed by atoms with van der Waals surface area (Å²) >= 11 is 1.21. The van der Waals surface area contributed by atoms with Crippen LogP contribution in [0.15, 0.2) is 98.3 Å². The van der Waals surface area contributed by atoms with E-state index in [-0.39, 0.29) is 17.7 Å². The van der Waals surface area contributed by atoms with Crippen LogP contribution in [0.3, 0.4) is 0 Å². The van der Waals surface area contributed by atoms with Crippen LogP contribution in [0.5, 0.6) is 5.75 Å². The maximum Gasteiger partial charge on any atom is 0.338 e. The molecule has 1 N–H and O–H groups in total. The number of carbonyl (C=O) groups excluding carboxylic acids is 1. The van der Waals surface area contributed by atoms with Gasteiger partial charge in [-0.15, -0.1) is 0 Å². The Morgan fingerprint density at radius 1 is 1.07 bits per heavy atom. The number of methoxy groups -OCH3 is 1. The van der Waals surface area contributed by atoms with E-state index in [1.54, 1.807) is 48.9 Å². The molecule has 0 spiro atoms. The standard InChI is InChI=1S/C35H30N2O7S/c1-4-9-25-30(34(41)43-5-2)31(29-24-13-7-6-10-20(24)14-16-27(29)42-3)37-32(38)28(45-35(37)36-25)19-23-15-17-26(44-23)21-11-8-12-22(18-21)33(39)40/h6-8,10-19,31H,4-5,9H2,1-3H3,(H,39,40)/b28-19-. The average Bonchev–Trinajstić information content (AvgIpc) is 3.64. The van der Waals surface area contributed by atoms with E-state index in [2.05, 4.69) is 0 Å². The van der Waals surface area contributed by atoms with Gasteiger partial charge in [0, 0.05) is 17.2 Å². The molecule has 0 bridgehead atoms. The smallest absolute Gasteiger partial charge is 0.338 e. The molecule has 3 heterocycles.